The lowest BCUT2D eigenvalue weighted by Crippen LogP contribution is -2.29. The van der Waals surface area contributed by atoms with Crippen LogP contribution in [0.1, 0.15) is 33.6 Å². The summed E-state index contributed by atoms with van der Waals surface area (Å²) in [6.45, 7) is 5.54. The highest BCUT2D eigenvalue weighted by atomic mass is 16.6. The van der Waals surface area contributed by atoms with Gasteiger partial charge in [-0.15, -0.1) is 0 Å². The predicted octanol–water partition coefficient (Wildman–Crippen LogP) is 1.54. The maximum absolute atomic E-state index is 11.5. The van der Waals surface area contributed by atoms with Gasteiger partial charge < -0.3 is 9.47 Å². The summed E-state index contributed by atoms with van der Waals surface area (Å²) in [5.74, 6) is 0.380. The SMILES string of the molecule is COC1=NC(C(=O)OC(C)(C)C)CC1. The zero-order valence-corrected chi connectivity index (χ0v) is 9.16. The highest BCUT2D eigenvalue weighted by molar-refractivity contribution is 5.86. The third kappa shape index (κ3) is 3.01. The van der Waals surface area contributed by atoms with Gasteiger partial charge in [-0.1, -0.05) is 0 Å². The number of esters is 1. The number of rotatable bonds is 1. The van der Waals surface area contributed by atoms with Crippen molar-refractivity contribution >= 4 is 11.9 Å². The van der Waals surface area contributed by atoms with Crippen LogP contribution in [0.2, 0.25) is 0 Å². The van der Waals surface area contributed by atoms with Crippen molar-refractivity contribution in [3.05, 3.63) is 0 Å². The highest BCUT2D eigenvalue weighted by Gasteiger charge is 2.29. The first-order chi connectivity index (χ1) is 6.42. The molecular weight excluding hydrogens is 182 g/mol. The molecule has 4 heteroatoms. The molecule has 1 aliphatic heterocycles. The topological polar surface area (TPSA) is 47.9 Å². The van der Waals surface area contributed by atoms with Crippen molar-refractivity contribution in [2.45, 2.75) is 45.3 Å². The van der Waals surface area contributed by atoms with Gasteiger partial charge in [-0.05, 0) is 27.2 Å². The molecule has 1 aliphatic rings. The van der Waals surface area contributed by atoms with E-state index < -0.39 is 5.60 Å². The van der Waals surface area contributed by atoms with Gasteiger partial charge in [0.15, 0.2) is 11.9 Å². The number of aliphatic imine (C=N–C) groups is 1. The van der Waals surface area contributed by atoms with E-state index in [1.807, 2.05) is 20.8 Å². The molecular formula is C10H17NO3. The van der Waals surface area contributed by atoms with Crippen LogP contribution >= 0.6 is 0 Å². The van der Waals surface area contributed by atoms with Crippen molar-refractivity contribution in [2.75, 3.05) is 7.11 Å². The second-order valence-electron chi connectivity index (χ2n) is 4.31. The van der Waals surface area contributed by atoms with Crippen LogP contribution < -0.4 is 0 Å². The minimum Gasteiger partial charge on any atom is -0.484 e. The third-order valence-corrected chi connectivity index (χ3v) is 1.85. The minimum atomic E-state index is -0.442. The second kappa shape index (κ2) is 3.98. The lowest BCUT2D eigenvalue weighted by atomic mass is 10.1. The van der Waals surface area contributed by atoms with E-state index in [1.54, 1.807) is 7.11 Å². The number of hydrogen-bond acceptors (Lipinski definition) is 4. The quantitative estimate of drug-likeness (QED) is 0.602. The summed E-state index contributed by atoms with van der Waals surface area (Å²) < 4.78 is 10.2. The zero-order valence-electron chi connectivity index (χ0n) is 9.16. The van der Waals surface area contributed by atoms with E-state index in [0.29, 0.717) is 12.3 Å². The molecule has 0 aromatic carbocycles. The number of ether oxygens (including phenoxy) is 2. The maximum atomic E-state index is 11.5. The highest BCUT2D eigenvalue weighted by Crippen LogP contribution is 2.18. The summed E-state index contributed by atoms with van der Waals surface area (Å²) in [7, 11) is 1.57. The van der Waals surface area contributed by atoms with Crippen LogP contribution in [0.4, 0.5) is 0 Å². The molecule has 0 radical (unpaired) electrons. The number of methoxy groups -OCH3 is 1. The molecule has 1 heterocycles. The van der Waals surface area contributed by atoms with Crippen LogP contribution in [0.15, 0.2) is 4.99 Å². The Labute approximate surface area is 84.3 Å². The largest absolute Gasteiger partial charge is 0.484 e. The predicted molar refractivity (Wildman–Crippen MR) is 53.3 cm³/mol. The third-order valence-electron chi connectivity index (χ3n) is 1.85. The van der Waals surface area contributed by atoms with Crippen LogP contribution in [0.3, 0.4) is 0 Å². The van der Waals surface area contributed by atoms with Gasteiger partial charge in [-0.25, -0.2) is 9.79 Å². The van der Waals surface area contributed by atoms with Crippen molar-refractivity contribution in [1.29, 1.82) is 0 Å². The lowest BCUT2D eigenvalue weighted by molar-refractivity contribution is -0.156. The molecule has 0 spiro atoms. The normalized spacial score (nSPS) is 21.7. The fourth-order valence-corrected chi connectivity index (χ4v) is 1.26. The average Bonchev–Trinajstić information content (AvgIpc) is 2.48. The fourth-order valence-electron chi connectivity index (χ4n) is 1.26. The van der Waals surface area contributed by atoms with E-state index in [0.717, 1.165) is 6.42 Å². The first-order valence-electron chi connectivity index (χ1n) is 4.76. The maximum Gasteiger partial charge on any atom is 0.331 e. The Kier molecular flexibility index (Phi) is 3.13. The van der Waals surface area contributed by atoms with Crippen molar-refractivity contribution in [2.24, 2.45) is 4.99 Å². The Morgan fingerprint density at radius 1 is 1.50 bits per heavy atom. The number of nitrogens with zero attached hydrogens (tertiary/aromatic N) is 1. The molecule has 0 bridgehead atoms. The van der Waals surface area contributed by atoms with E-state index in [4.69, 9.17) is 9.47 Å². The summed E-state index contributed by atoms with van der Waals surface area (Å²) in [5, 5.41) is 0. The number of hydrogen-bond donors (Lipinski definition) is 0. The van der Waals surface area contributed by atoms with Gasteiger partial charge in [0.05, 0.1) is 7.11 Å². The lowest BCUT2D eigenvalue weighted by Gasteiger charge is -2.20. The Morgan fingerprint density at radius 3 is 2.57 bits per heavy atom. The van der Waals surface area contributed by atoms with Gasteiger partial charge in [0.25, 0.3) is 0 Å². The van der Waals surface area contributed by atoms with Gasteiger partial charge in [0, 0.05) is 6.42 Å². The molecule has 0 fully saturated rings. The van der Waals surface area contributed by atoms with Gasteiger partial charge >= 0.3 is 5.97 Å². The Balaban J connectivity index is 2.52. The van der Waals surface area contributed by atoms with Gasteiger partial charge in [0.1, 0.15) is 5.60 Å². The van der Waals surface area contributed by atoms with Crippen molar-refractivity contribution < 1.29 is 14.3 Å². The molecule has 1 unspecified atom stereocenters. The standard InChI is InChI=1S/C10H17NO3/c1-10(2,3)14-9(12)7-5-6-8(11-7)13-4/h7H,5-6H2,1-4H3. The van der Waals surface area contributed by atoms with E-state index in [-0.39, 0.29) is 12.0 Å². The second-order valence-corrected chi connectivity index (χ2v) is 4.31. The molecule has 14 heavy (non-hydrogen) atoms. The first-order valence-corrected chi connectivity index (χ1v) is 4.76. The summed E-state index contributed by atoms with van der Waals surface area (Å²) in [6.07, 6.45) is 1.42. The van der Waals surface area contributed by atoms with Crippen LogP contribution in [0.5, 0.6) is 0 Å². The van der Waals surface area contributed by atoms with E-state index in [9.17, 15) is 4.79 Å². The molecule has 0 saturated carbocycles. The van der Waals surface area contributed by atoms with Crippen LogP contribution in [0.25, 0.3) is 0 Å². The number of carbonyl (C=O) groups excluding carboxylic acids is 1. The van der Waals surface area contributed by atoms with E-state index >= 15 is 0 Å². The summed E-state index contributed by atoms with van der Waals surface area (Å²) in [6, 6.07) is -0.371. The Morgan fingerprint density at radius 2 is 2.14 bits per heavy atom. The van der Waals surface area contributed by atoms with E-state index in [1.165, 1.54) is 0 Å². The molecule has 0 amide bonds. The van der Waals surface area contributed by atoms with Crippen LogP contribution in [-0.4, -0.2) is 30.6 Å². The van der Waals surface area contributed by atoms with Gasteiger partial charge in [-0.3, -0.25) is 0 Å². The van der Waals surface area contributed by atoms with Crippen molar-refractivity contribution in [3.63, 3.8) is 0 Å². The van der Waals surface area contributed by atoms with E-state index in [2.05, 4.69) is 4.99 Å². The number of carbonyl (C=O) groups is 1. The molecule has 0 aliphatic carbocycles. The molecule has 0 saturated heterocycles. The van der Waals surface area contributed by atoms with Gasteiger partial charge in [0.2, 0.25) is 0 Å². The van der Waals surface area contributed by atoms with Crippen LogP contribution in [-0.2, 0) is 14.3 Å². The summed E-state index contributed by atoms with van der Waals surface area (Å²) in [5.41, 5.74) is -0.442. The first kappa shape index (κ1) is 11.0. The smallest absolute Gasteiger partial charge is 0.331 e. The molecule has 80 valence electrons. The van der Waals surface area contributed by atoms with Crippen molar-refractivity contribution in [3.8, 4) is 0 Å². The molecule has 0 aromatic heterocycles. The molecule has 0 N–H and O–H groups in total. The average molecular weight is 199 g/mol. The monoisotopic (exact) mass is 199 g/mol. The zero-order chi connectivity index (χ0) is 10.8. The Hall–Kier alpha value is -1.06. The summed E-state index contributed by atoms with van der Waals surface area (Å²) in [4.78, 5) is 15.6. The minimum absolute atomic E-state index is 0.260. The Bertz CT molecular complexity index is 253. The van der Waals surface area contributed by atoms with Crippen molar-refractivity contribution in [1.82, 2.24) is 0 Å². The molecule has 1 rings (SSSR count). The molecule has 0 aromatic rings. The fraction of sp³-hybridized carbons (Fsp3) is 0.800. The summed E-state index contributed by atoms with van der Waals surface area (Å²) >= 11 is 0. The van der Waals surface area contributed by atoms with Crippen LogP contribution in [0, 0.1) is 0 Å². The molecule has 4 nitrogen and oxygen atoms in total. The molecule has 1 atom stereocenters. The van der Waals surface area contributed by atoms with Gasteiger partial charge in [-0.2, -0.15) is 0 Å².